The van der Waals surface area contributed by atoms with Gasteiger partial charge in [-0.2, -0.15) is 0 Å². The highest BCUT2D eigenvalue weighted by molar-refractivity contribution is 5.92. The summed E-state index contributed by atoms with van der Waals surface area (Å²) in [4.78, 5) is 18.8. The van der Waals surface area contributed by atoms with Crippen LogP contribution in [0.15, 0.2) is 48.8 Å². The number of anilines is 1. The zero-order valence-electron chi connectivity index (χ0n) is 14.7. The number of aromatic nitrogens is 2. The number of halogens is 1. The van der Waals surface area contributed by atoms with Gasteiger partial charge in [-0.05, 0) is 48.9 Å². The SMILES string of the molecule is Cn1cc(CN2CCC(C(=O)Nc3ccccn3)C2)c2cc(F)ccc21. The first-order chi connectivity index (χ1) is 12.6. The van der Waals surface area contributed by atoms with Crippen molar-refractivity contribution < 1.29 is 9.18 Å². The molecule has 1 fully saturated rings. The Morgan fingerprint density at radius 3 is 3.04 bits per heavy atom. The summed E-state index contributed by atoms with van der Waals surface area (Å²) < 4.78 is 15.7. The first kappa shape index (κ1) is 16.7. The highest BCUT2D eigenvalue weighted by Gasteiger charge is 2.29. The maximum Gasteiger partial charge on any atom is 0.229 e. The summed E-state index contributed by atoms with van der Waals surface area (Å²) in [6.45, 7) is 2.27. The van der Waals surface area contributed by atoms with Crippen molar-refractivity contribution in [2.24, 2.45) is 13.0 Å². The zero-order valence-corrected chi connectivity index (χ0v) is 14.7. The average molecular weight is 352 g/mol. The third kappa shape index (κ3) is 3.32. The van der Waals surface area contributed by atoms with Crippen molar-refractivity contribution in [3.8, 4) is 0 Å². The van der Waals surface area contributed by atoms with E-state index in [1.165, 1.54) is 6.07 Å². The molecule has 1 unspecified atom stereocenters. The molecule has 26 heavy (non-hydrogen) atoms. The third-order valence-corrected chi connectivity index (χ3v) is 4.99. The quantitative estimate of drug-likeness (QED) is 0.785. The van der Waals surface area contributed by atoms with Crippen LogP contribution in [0.3, 0.4) is 0 Å². The standard InChI is InChI=1S/C20H21FN4O/c1-24-11-15(17-10-16(21)5-6-18(17)24)13-25-9-7-14(12-25)20(26)23-19-4-2-3-8-22-19/h2-6,8,10-11,14H,7,9,12-13H2,1H3,(H,22,23,26). The van der Waals surface area contributed by atoms with E-state index in [-0.39, 0.29) is 17.6 Å². The van der Waals surface area contributed by atoms with Gasteiger partial charge in [0, 0.05) is 43.4 Å². The number of nitrogens with zero attached hydrogens (tertiary/aromatic N) is 3. The molecule has 0 radical (unpaired) electrons. The number of carbonyl (C=O) groups excluding carboxylic acids is 1. The number of nitrogens with one attached hydrogen (secondary N) is 1. The van der Waals surface area contributed by atoms with Crippen molar-refractivity contribution in [2.75, 3.05) is 18.4 Å². The minimum Gasteiger partial charge on any atom is -0.350 e. The lowest BCUT2D eigenvalue weighted by Crippen LogP contribution is -2.27. The van der Waals surface area contributed by atoms with E-state index in [4.69, 9.17) is 0 Å². The van der Waals surface area contributed by atoms with Gasteiger partial charge >= 0.3 is 0 Å². The number of amides is 1. The van der Waals surface area contributed by atoms with Crippen molar-refractivity contribution in [1.29, 1.82) is 0 Å². The van der Waals surface area contributed by atoms with E-state index in [1.807, 2.05) is 29.9 Å². The van der Waals surface area contributed by atoms with Crippen LogP contribution < -0.4 is 5.32 Å². The van der Waals surface area contributed by atoms with Crippen molar-refractivity contribution in [2.45, 2.75) is 13.0 Å². The molecule has 134 valence electrons. The number of carbonyl (C=O) groups is 1. The second-order valence-electron chi connectivity index (χ2n) is 6.85. The number of hydrogen-bond acceptors (Lipinski definition) is 3. The molecule has 3 heterocycles. The molecule has 1 aromatic carbocycles. The summed E-state index contributed by atoms with van der Waals surface area (Å²) in [7, 11) is 1.97. The van der Waals surface area contributed by atoms with Gasteiger partial charge in [0.05, 0.1) is 5.92 Å². The number of hydrogen-bond donors (Lipinski definition) is 1. The fraction of sp³-hybridized carbons (Fsp3) is 0.300. The van der Waals surface area contributed by atoms with Gasteiger partial charge in [-0.25, -0.2) is 9.37 Å². The van der Waals surface area contributed by atoms with Crippen LogP contribution in [0.1, 0.15) is 12.0 Å². The monoisotopic (exact) mass is 352 g/mol. The zero-order chi connectivity index (χ0) is 18.1. The molecule has 0 aliphatic carbocycles. The first-order valence-electron chi connectivity index (χ1n) is 8.78. The Labute approximate surface area is 151 Å². The van der Waals surface area contributed by atoms with Gasteiger partial charge in [-0.15, -0.1) is 0 Å². The third-order valence-electron chi connectivity index (χ3n) is 4.99. The summed E-state index contributed by atoms with van der Waals surface area (Å²) in [5.41, 5.74) is 2.11. The molecule has 0 spiro atoms. The molecule has 1 aliphatic heterocycles. The van der Waals surface area contributed by atoms with E-state index in [0.717, 1.165) is 29.4 Å². The molecule has 0 bridgehead atoms. The number of likely N-dealkylation sites (tertiary alicyclic amines) is 1. The van der Waals surface area contributed by atoms with E-state index in [0.29, 0.717) is 18.9 Å². The van der Waals surface area contributed by atoms with E-state index >= 15 is 0 Å². The molecule has 2 aromatic heterocycles. The molecule has 0 saturated carbocycles. The van der Waals surface area contributed by atoms with Crippen molar-refractivity contribution in [3.05, 3.63) is 60.2 Å². The predicted molar refractivity (Wildman–Crippen MR) is 99.1 cm³/mol. The Hall–Kier alpha value is -2.73. The molecule has 6 heteroatoms. The Bertz CT molecular complexity index is 938. The summed E-state index contributed by atoms with van der Waals surface area (Å²) in [5, 5.41) is 3.82. The van der Waals surface area contributed by atoms with Gasteiger partial charge in [0.15, 0.2) is 0 Å². The van der Waals surface area contributed by atoms with Crippen LogP contribution in [0, 0.1) is 11.7 Å². The molecular formula is C20H21FN4O. The Morgan fingerprint density at radius 1 is 1.35 bits per heavy atom. The van der Waals surface area contributed by atoms with Gasteiger partial charge in [0.1, 0.15) is 11.6 Å². The van der Waals surface area contributed by atoms with E-state index in [2.05, 4.69) is 15.2 Å². The summed E-state index contributed by atoms with van der Waals surface area (Å²) in [6.07, 6.45) is 4.53. The Morgan fingerprint density at radius 2 is 2.23 bits per heavy atom. The molecular weight excluding hydrogens is 331 g/mol. The lowest BCUT2D eigenvalue weighted by atomic mass is 10.1. The maximum absolute atomic E-state index is 13.6. The summed E-state index contributed by atoms with van der Waals surface area (Å²) >= 11 is 0. The fourth-order valence-electron chi connectivity index (χ4n) is 3.67. The minimum absolute atomic E-state index is 0.00941. The minimum atomic E-state index is -0.223. The van der Waals surface area contributed by atoms with Crippen LogP contribution in [-0.4, -0.2) is 33.4 Å². The smallest absolute Gasteiger partial charge is 0.229 e. The second kappa shape index (κ2) is 6.88. The van der Waals surface area contributed by atoms with Crippen molar-refractivity contribution in [1.82, 2.24) is 14.5 Å². The van der Waals surface area contributed by atoms with Crippen LogP contribution in [0.25, 0.3) is 10.9 Å². The Kier molecular flexibility index (Phi) is 4.42. The topological polar surface area (TPSA) is 50.2 Å². The molecule has 1 amide bonds. The van der Waals surface area contributed by atoms with Gasteiger partial charge in [0.2, 0.25) is 5.91 Å². The lowest BCUT2D eigenvalue weighted by Gasteiger charge is -2.15. The van der Waals surface area contributed by atoms with Crippen LogP contribution in [0.4, 0.5) is 10.2 Å². The normalized spacial score (nSPS) is 17.7. The predicted octanol–water partition coefficient (Wildman–Crippen LogP) is 3.17. The molecule has 1 N–H and O–H groups in total. The number of rotatable bonds is 4. The Balaban J connectivity index is 1.43. The molecule has 1 saturated heterocycles. The number of benzene rings is 1. The summed E-state index contributed by atoms with van der Waals surface area (Å²) in [5.74, 6) is 0.318. The molecule has 3 aromatic rings. The molecule has 4 rings (SSSR count). The van der Waals surface area contributed by atoms with E-state index in [9.17, 15) is 9.18 Å². The number of fused-ring (bicyclic) bond motifs is 1. The lowest BCUT2D eigenvalue weighted by molar-refractivity contribution is -0.119. The largest absolute Gasteiger partial charge is 0.350 e. The molecule has 1 atom stereocenters. The van der Waals surface area contributed by atoms with Gasteiger partial charge in [0.25, 0.3) is 0 Å². The van der Waals surface area contributed by atoms with Gasteiger partial charge in [-0.3, -0.25) is 9.69 Å². The second-order valence-corrected chi connectivity index (χ2v) is 6.85. The van der Waals surface area contributed by atoms with Crippen LogP contribution >= 0.6 is 0 Å². The van der Waals surface area contributed by atoms with Crippen molar-refractivity contribution in [3.63, 3.8) is 0 Å². The number of pyridine rings is 1. The van der Waals surface area contributed by atoms with Crippen molar-refractivity contribution >= 4 is 22.6 Å². The highest BCUT2D eigenvalue weighted by Crippen LogP contribution is 2.26. The summed E-state index contributed by atoms with van der Waals surface area (Å²) in [6, 6.07) is 10.3. The molecule has 1 aliphatic rings. The van der Waals surface area contributed by atoms with E-state index < -0.39 is 0 Å². The molecule has 5 nitrogen and oxygen atoms in total. The first-order valence-corrected chi connectivity index (χ1v) is 8.78. The number of aryl methyl sites for hydroxylation is 1. The van der Waals surface area contributed by atoms with Crippen LogP contribution in [-0.2, 0) is 18.4 Å². The van der Waals surface area contributed by atoms with Crippen LogP contribution in [0.5, 0.6) is 0 Å². The van der Waals surface area contributed by atoms with Gasteiger partial charge in [-0.1, -0.05) is 6.07 Å². The van der Waals surface area contributed by atoms with Crippen LogP contribution in [0.2, 0.25) is 0 Å². The van der Waals surface area contributed by atoms with E-state index in [1.54, 1.807) is 24.4 Å². The maximum atomic E-state index is 13.6. The van der Waals surface area contributed by atoms with Gasteiger partial charge < -0.3 is 9.88 Å². The fourth-order valence-corrected chi connectivity index (χ4v) is 3.67. The average Bonchev–Trinajstić information content (AvgIpc) is 3.21. The highest BCUT2D eigenvalue weighted by atomic mass is 19.1.